The molecule has 2 fully saturated rings. The zero-order chi connectivity index (χ0) is 18.5. The van der Waals surface area contributed by atoms with Gasteiger partial charge in [-0.3, -0.25) is 4.79 Å². The average molecular weight is 362 g/mol. The summed E-state index contributed by atoms with van der Waals surface area (Å²) in [5.41, 5.74) is 2.59. The number of hydrogen-bond acceptors (Lipinski definition) is 3. The highest BCUT2D eigenvalue weighted by atomic mass is 32.1. The van der Waals surface area contributed by atoms with Crippen LogP contribution in [0.2, 0.25) is 0 Å². The molecule has 0 N–H and O–H groups in total. The number of carbonyl (C=O) groups is 1. The van der Waals surface area contributed by atoms with E-state index in [1.54, 1.807) is 19.1 Å². The van der Waals surface area contributed by atoms with Crippen LogP contribution in [0.3, 0.4) is 0 Å². The SMILES string of the molecule is [C-]#[N+]c1ccc(N2C(=O)C3(CCC3)N(c3ccc(C)cc3)C2=S)nc1C. The van der Waals surface area contributed by atoms with Gasteiger partial charge in [-0.25, -0.2) is 14.7 Å². The van der Waals surface area contributed by atoms with Gasteiger partial charge in [0.25, 0.3) is 5.91 Å². The van der Waals surface area contributed by atoms with Crippen molar-refractivity contribution >= 4 is 40.4 Å². The largest absolute Gasteiger partial charge is 0.303 e. The Morgan fingerprint density at radius 1 is 1.15 bits per heavy atom. The molecule has 1 aromatic heterocycles. The maximum Gasteiger partial charge on any atom is 0.260 e. The van der Waals surface area contributed by atoms with Crippen molar-refractivity contribution in [3.05, 3.63) is 59.1 Å². The molecule has 2 aliphatic rings. The highest BCUT2D eigenvalue weighted by Crippen LogP contribution is 2.47. The Kier molecular flexibility index (Phi) is 3.78. The molecule has 6 heteroatoms. The molecule has 0 atom stereocenters. The average Bonchev–Trinajstić information content (AvgIpc) is 2.83. The fourth-order valence-corrected chi connectivity index (χ4v) is 4.12. The van der Waals surface area contributed by atoms with Gasteiger partial charge in [0.2, 0.25) is 5.69 Å². The van der Waals surface area contributed by atoms with Gasteiger partial charge < -0.3 is 4.90 Å². The maximum absolute atomic E-state index is 13.3. The van der Waals surface area contributed by atoms with E-state index in [2.05, 4.69) is 9.83 Å². The second kappa shape index (κ2) is 5.89. The first kappa shape index (κ1) is 16.7. The van der Waals surface area contributed by atoms with Crippen molar-refractivity contribution in [2.45, 2.75) is 38.6 Å². The number of carbonyl (C=O) groups excluding carboxylic acids is 1. The summed E-state index contributed by atoms with van der Waals surface area (Å²) in [4.78, 5) is 24.8. The van der Waals surface area contributed by atoms with E-state index >= 15 is 0 Å². The van der Waals surface area contributed by atoms with E-state index in [1.165, 1.54) is 4.90 Å². The Labute approximate surface area is 158 Å². The predicted octanol–water partition coefficient (Wildman–Crippen LogP) is 4.31. The summed E-state index contributed by atoms with van der Waals surface area (Å²) in [6.45, 7) is 11.0. The summed E-state index contributed by atoms with van der Waals surface area (Å²) in [7, 11) is 0. The molecule has 1 aromatic carbocycles. The lowest BCUT2D eigenvalue weighted by Gasteiger charge is -2.43. The van der Waals surface area contributed by atoms with Gasteiger partial charge in [0.05, 0.1) is 6.57 Å². The summed E-state index contributed by atoms with van der Waals surface area (Å²) in [6.07, 6.45) is 2.58. The molecular weight excluding hydrogens is 344 g/mol. The van der Waals surface area contributed by atoms with Crippen molar-refractivity contribution in [3.63, 3.8) is 0 Å². The van der Waals surface area contributed by atoms with E-state index in [0.29, 0.717) is 22.3 Å². The van der Waals surface area contributed by atoms with Gasteiger partial charge in [-0.1, -0.05) is 23.8 Å². The van der Waals surface area contributed by atoms with Gasteiger partial charge >= 0.3 is 0 Å². The number of aryl methyl sites for hydroxylation is 2. The minimum atomic E-state index is -0.597. The molecule has 0 radical (unpaired) electrons. The number of aromatic nitrogens is 1. The smallest absolute Gasteiger partial charge is 0.260 e. The summed E-state index contributed by atoms with van der Waals surface area (Å²) in [5.74, 6) is 0.475. The number of nitrogens with zero attached hydrogens (tertiary/aromatic N) is 4. The quantitative estimate of drug-likeness (QED) is 0.590. The first-order valence-corrected chi connectivity index (χ1v) is 8.99. The number of rotatable bonds is 2. The van der Waals surface area contributed by atoms with Crippen LogP contribution in [0.4, 0.5) is 17.2 Å². The van der Waals surface area contributed by atoms with Gasteiger partial charge in [-0.05, 0) is 63.5 Å². The van der Waals surface area contributed by atoms with E-state index in [9.17, 15) is 4.79 Å². The number of amides is 1. The van der Waals surface area contributed by atoms with Crippen LogP contribution in [-0.2, 0) is 4.79 Å². The number of pyridine rings is 1. The minimum Gasteiger partial charge on any atom is -0.303 e. The molecule has 2 aromatic rings. The minimum absolute atomic E-state index is 0.0169. The Bertz CT molecular complexity index is 957. The van der Waals surface area contributed by atoms with Crippen LogP contribution in [0.15, 0.2) is 36.4 Å². The van der Waals surface area contributed by atoms with Crippen molar-refractivity contribution in [1.82, 2.24) is 4.98 Å². The highest BCUT2D eigenvalue weighted by molar-refractivity contribution is 7.81. The Morgan fingerprint density at radius 2 is 1.85 bits per heavy atom. The molecule has 1 saturated heterocycles. The lowest BCUT2D eigenvalue weighted by atomic mass is 9.75. The lowest BCUT2D eigenvalue weighted by Crippen LogP contribution is -2.55. The number of thiocarbonyl (C=S) groups is 1. The summed E-state index contributed by atoms with van der Waals surface area (Å²) in [6, 6.07) is 11.5. The molecule has 1 amide bonds. The van der Waals surface area contributed by atoms with Crippen molar-refractivity contribution in [1.29, 1.82) is 0 Å². The summed E-state index contributed by atoms with van der Waals surface area (Å²) < 4.78 is 0. The van der Waals surface area contributed by atoms with Crippen LogP contribution in [-0.4, -0.2) is 21.5 Å². The third-order valence-electron chi connectivity index (χ3n) is 5.28. The monoisotopic (exact) mass is 362 g/mol. The molecule has 1 aliphatic carbocycles. The normalized spacial score (nSPS) is 18.2. The molecule has 2 heterocycles. The lowest BCUT2D eigenvalue weighted by molar-refractivity contribution is -0.123. The van der Waals surface area contributed by atoms with Gasteiger partial charge in [-0.2, -0.15) is 0 Å². The number of benzene rings is 1. The van der Waals surface area contributed by atoms with E-state index in [4.69, 9.17) is 18.8 Å². The van der Waals surface area contributed by atoms with E-state index in [0.717, 1.165) is 30.5 Å². The summed E-state index contributed by atoms with van der Waals surface area (Å²) in [5, 5.41) is 0.459. The molecule has 26 heavy (non-hydrogen) atoms. The Balaban J connectivity index is 1.80. The van der Waals surface area contributed by atoms with Crippen LogP contribution in [0.5, 0.6) is 0 Å². The van der Waals surface area contributed by atoms with E-state index < -0.39 is 5.54 Å². The molecule has 0 bridgehead atoms. The first-order chi connectivity index (χ1) is 12.5. The molecule has 1 spiro atoms. The molecule has 1 saturated carbocycles. The van der Waals surface area contributed by atoms with Gasteiger partial charge in [0.1, 0.15) is 11.4 Å². The summed E-state index contributed by atoms with van der Waals surface area (Å²) >= 11 is 5.72. The third-order valence-corrected chi connectivity index (χ3v) is 5.64. The van der Waals surface area contributed by atoms with Crippen LogP contribution in [0, 0.1) is 20.4 Å². The van der Waals surface area contributed by atoms with Crippen molar-refractivity contribution in [2.75, 3.05) is 9.80 Å². The fraction of sp³-hybridized carbons (Fsp3) is 0.300. The van der Waals surface area contributed by atoms with Crippen molar-refractivity contribution < 1.29 is 4.79 Å². The molecular formula is C20H18N4OS. The third kappa shape index (κ3) is 2.24. The van der Waals surface area contributed by atoms with E-state index in [1.807, 2.05) is 36.1 Å². The number of hydrogen-bond donors (Lipinski definition) is 0. The second-order valence-electron chi connectivity index (χ2n) is 6.87. The Morgan fingerprint density at radius 3 is 2.38 bits per heavy atom. The highest BCUT2D eigenvalue weighted by Gasteiger charge is 2.59. The van der Waals surface area contributed by atoms with Crippen LogP contribution < -0.4 is 9.80 Å². The van der Waals surface area contributed by atoms with E-state index in [-0.39, 0.29) is 5.91 Å². The molecule has 130 valence electrons. The van der Waals surface area contributed by atoms with Gasteiger partial charge in [-0.15, -0.1) is 0 Å². The number of anilines is 2. The first-order valence-electron chi connectivity index (χ1n) is 8.58. The van der Waals surface area contributed by atoms with Crippen LogP contribution in [0.25, 0.3) is 4.85 Å². The van der Waals surface area contributed by atoms with Crippen LogP contribution >= 0.6 is 12.2 Å². The molecule has 5 nitrogen and oxygen atoms in total. The van der Waals surface area contributed by atoms with Gasteiger partial charge in [0, 0.05) is 11.4 Å². The zero-order valence-electron chi connectivity index (χ0n) is 14.7. The fourth-order valence-electron chi connectivity index (χ4n) is 3.66. The second-order valence-corrected chi connectivity index (χ2v) is 7.23. The molecule has 4 rings (SSSR count). The van der Waals surface area contributed by atoms with Crippen molar-refractivity contribution in [3.8, 4) is 0 Å². The molecule has 1 aliphatic heterocycles. The van der Waals surface area contributed by atoms with Crippen LogP contribution in [0.1, 0.15) is 30.5 Å². The standard InChI is InChI=1S/C20H18N4OS/c1-13-5-7-15(8-6-13)24-19(26)23(18(25)20(24)11-4-12-20)17-10-9-16(21-3)14(2)22-17/h5-10H,4,11-12H2,1-2H3. The van der Waals surface area contributed by atoms with Crippen molar-refractivity contribution in [2.24, 2.45) is 0 Å². The van der Waals surface area contributed by atoms with Gasteiger partial charge in [0.15, 0.2) is 5.11 Å². The maximum atomic E-state index is 13.3. The molecule has 0 unspecified atom stereocenters. The topological polar surface area (TPSA) is 40.8 Å². The zero-order valence-corrected chi connectivity index (χ0v) is 15.5. The Hall–Kier alpha value is -2.78. The predicted molar refractivity (Wildman–Crippen MR) is 106 cm³/mol.